The second kappa shape index (κ2) is 4.67. The Kier molecular flexibility index (Phi) is 3.75. The normalized spacial score (nSPS) is 9.73. The van der Waals surface area contributed by atoms with E-state index in [1.54, 1.807) is 0 Å². The largest absolute Gasteiger partial charge is 0.507 e. The van der Waals surface area contributed by atoms with Crippen LogP contribution in [-0.4, -0.2) is 17.0 Å². The van der Waals surface area contributed by atoms with Gasteiger partial charge < -0.3 is 10.8 Å². The first kappa shape index (κ1) is 12.1. The summed E-state index contributed by atoms with van der Waals surface area (Å²) in [5.74, 6) is -1.04. The zero-order chi connectivity index (χ0) is 11.6. The molecule has 0 aliphatic rings. The smallest absolute Gasteiger partial charge is 0.259 e. The summed E-state index contributed by atoms with van der Waals surface area (Å²) in [6.45, 7) is 0. The van der Waals surface area contributed by atoms with E-state index in [-0.39, 0.29) is 16.3 Å². The third kappa shape index (κ3) is 2.96. The van der Waals surface area contributed by atoms with Gasteiger partial charge in [-0.05, 0) is 28.7 Å². The number of halogens is 2. The first-order valence-corrected chi connectivity index (χ1v) is 5.21. The second-order valence-corrected chi connectivity index (χ2v) is 4.22. The lowest BCUT2D eigenvalue weighted by Gasteiger charge is -2.06. The number of aromatic hydroxyl groups is 1. The predicted molar refractivity (Wildman–Crippen MR) is 65.2 cm³/mol. The third-order valence-electron chi connectivity index (χ3n) is 1.53. The number of phenolic OH excluding ortho intramolecular Hbond substituents is 1. The van der Waals surface area contributed by atoms with Crippen LogP contribution < -0.4 is 11.1 Å². The molecule has 0 atom stereocenters. The summed E-state index contributed by atoms with van der Waals surface area (Å²) in [5.41, 5.74) is 5.17. The van der Waals surface area contributed by atoms with Crippen molar-refractivity contribution >= 4 is 46.1 Å². The maximum atomic E-state index is 11.4. The molecule has 0 radical (unpaired) electrons. The average Bonchev–Trinajstić information content (AvgIpc) is 2.09. The monoisotopic (exact) mass is 339 g/mol. The Hall–Kier alpha value is -1.02. The molecule has 0 saturated heterocycles. The van der Waals surface area contributed by atoms with Crippen molar-refractivity contribution in [2.45, 2.75) is 0 Å². The highest BCUT2D eigenvalue weighted by Gasteiger charge is 2.13. The molecule has 1 aromatic carbocycles. The molecule has 15 heavy (non-hydrogen) atoms. The minimum Gasteiger partial charge on any atom is -0.507 e. The molecule has 0 aliphatic heterocycles. The van der Waals surface area contributed by atoms with Crippen molar-refractivity contribution in [1.82, 2.24) is 5.32 Å². The van der Waals surface area contributed by atoms with Gasteiger partial charge >= 0.3 is 0 Å². The summed E-state index contributed by atoms with van der Waals surface area (Å²) < 4.78 is 0.491. The maximum Gasteiger partial charge on any atom is 0.259 e. The molecule has 0 fully saturated rings. The zero-order valence-corrected chi connectivity index (χ0v) is 10.3. The summed E-state index contributed by atoms with van der Waals surface area (Å²) in [6, 6.07) is 2.68. The van der Waals surface area contributed by atoms with Gasteiger partial charge in [0.15, 0.2) is 5.96 Å². The second-order valence-electron chi connectivity index (χ2n) is 2.65. The molecule has 0 saturated carbocycles. The lowest BCUT2D eigenvalue weighted by Crippen LogP contribution is -2.35. The highest BCUT2D eigenvalue weighted by Crippen LogP contribution is 2.27. The Morgan fingerprint density at radius 2 is 2.20 bits per heavy atom. The minimum absolute atomic E-state index is 0.0000231. The molecule has 80 valence electrons. The van der Waals surface area contributed by atoms with Crippen LogP contribution in [0.2, 0.25) is 5.02 Å². The summed E-state index contributed by atoms with van der Waals surface area (Å²) >= 11 is 7.60. The summed E-state index contributed by atoms with van der Waals surface area (Å²) in [7, 11) is 0. The lowest BCUT2D eigenvalue weighted by molar-refractivity contribution is 0.0976. The molecule has 7 heteroatoms. The van der Waals surface area contributed by atoms with Gasteiger partial charge in [0, 0.05) is 6.07 Å². The average molecular weight is 340 g/mol. The summed E-state index contributed by atoms with van der Waals surface area (Å²) in [5, 5.41) is 18.4. The molecule has 1 aromatic rings. The van der Waals surface area contributed by atoms with Crippen LogP contribution in [0.3, 0.4) is 0 Å². The number of benzene rings is 1. The topological polar surface area (TPSA) is 99.2 Å². The van der Waals surface area contributed by atoms with E-state index in [0.29, 0.717) is 3.57 Å². The lowest BCUT2D eigenvalue weighted by atomic mass is 10.2. The molecule has 5 nitrogen and oxygen atoms in total. The number of nitrogens with two attached hydrogens (primary N) is 1. The number of rotatable bonds is 1. The molecule has 0 aromatic heterocycles. The first-order valence-electron chi connectivity index (χ1n) is 3.75. The molecule has 0 bridgehead atoms. The molecule has 1 rings (SSSR count). The molecule has 0 heterocycles. The number of amides is 1. The van der Waals surface area contributed by atoms with Crippen LogP contribution in [0.4, 0.5) is 0 Å². The fourth-order valence-corrected chi connectivity index (χ4v) is 1.61. The van der Waals surface area contributed by atoms with Crippen LogP contribution >= 0.6 is 34.2 Å². The number of hydrogen-bond donors (Lipinski definition) is 4. The van der Waals surface area contributed by atoms with Gasteiger partial charge in [-0.25, -0.2) is 0 Å². The van der Waals surface area contributed by atoms with Crippen molar-refractivity contribution in [3.63, 3.8) is 0 Å². The zero-order valence-electron chi connectivity index (χ0n) is 7.34. The van der Waals surface area contributed by atoms with Gasteiger partial charge in [0.2, 0.25) is 0 Å². The minimum atomic E-state index is -0.578. The van der Waals surface area contributed by atoms with E-state index in [1.165, 1.54) is 12.1 Å². The van der Waals surface area contributed by atoms with Crippen LogP contribution in [0.15, 0.2) is 12.1 Å². The number of carbonyl (C=O) groups excluding carboxylic acids is 1. The van der Waals surface area contributed by atoms with Gasteiger partial charge in [-0.15, -0.1) is 0 Å². The Balaban J connectivity index is 3.09. The molecule has 5 N–H and O–H groups in total. The maximum absolute atomic E-state index is 11.4. The van der Waals surface area contributed by atoms with Crippen LogP contribution in [0.1, 0.15) is 10.4 Å². The highest BCUT2D eigenvalue weighted by atomic mass is 127. The Morgan fingerprint density at radius 3 is 2.73 bits per heavy atom. The van der Waals surface area contributed by atoms with Crippen LogP contribution in [0.25, 0.3) is 0 Å². The van der Waals surface area contributed by atoms with E-state index < -0.39 is 11.9 Å². The molecular weight excluding hydrogens is 332 g/mol. The number of hydrogen-bond acceptors (Lipinski definition) is 3. The number of phenols is 1. The standard InChI is InChI=1S/C8H7ClIN3O2/c9-4-2-6(14)5(10)1-3(4)7(15)13-8(11)12/h1-2,14H,(H4,11,12,13,15). The SMILES string of the molecule is N=C(N)NC(=O)c1cc(I)c(O)cc1Cl. The van der Waals surface area contributed by atoms with E-state index in [4.69, 9.17) is 22.7 Å². The van der Waals surface area contributed by atoms with Gasteiger partial charge in [-0.1, -0.05) is 11.6 Å². The first-order chi connectivity index (χ1) is 6.91. The fourth-order valence-electron chi connectivity index (χ4n) is 0.900. The van der Waals surface area contributed by atoms with Crippen molar-refractivity contribution in [2.75, 3.05) is 0 Å². The van der Waals surface area contributed by atoms with Crippen LogP contribution in [-0.2, 0) is 0 Å². The van der Waals surface area contributed by atoms with Crippen molar-refractivity contribution in [3.8, 4) is 5.75 Å². The Morgan fingerprint density at radius 1 is 1.60 bits per heavy atom. The van der Waals surface area contributed by atoms with Gasteiger partial charge in [0.1, 0.15) is 5.75 Å². The third-order valence-corrected chi connectivity index (χ3v) is 2.71. The van der Waals surface area contributed by atoms with Crippen molar-refractivity contribution in [1.29, 1.82) is 5.41 Å². The molecule has 0 aliphatic carbocycles. The van der Waals surface area contributed by atoms with Crippen LogP contribution in [0.5, 0.6) is 5.75 Å². The van der Waals surface area contributed by atoms with Crippen molar-refractivity contribution in [3.05, 3.63) is 26.3 Å². The van der Waals surface area contributed by atoms with Crippen molar-refractivity contribution < 1.29 is 9.90 Å². The molecule has 0 unspecified atom stereocenters. The van der Waals surface area contributed by atoms with Gasteiger partial charge in [-0.3, -0.25) is 15.5 Å². The van der Waals surface area contributed by atoms with E-state index in [1.807, 2.05) is 22.6 Å². The molecule has 0 spiro atoms. The highest BCUT2D eigenvalue weighted by molar-refractivity contribution is 14.1. The van der Waals surface area contributed by atoms with Gasteiger partial charge in [0.25, 0.3) is 5.91 Å². The fraction of sp³-hybridized carbons (Fsp3) is 0. The van der Waals surface area contributed by atoms with E-state index in [2.05, 4.69) is 5.32 Å². The van der Waals surface area contributed by atoms with Gasteiger partial charge in [0.05, 0.1) is 14.2 Å². The Labute approximate surface area is 104 Å². The summed E-state index contributed by atoms with van der Waals surface area (Å²) in [4.78, 5) is 11.4. The number of carbonyl (C=O) groups is 1. The Bertz CT molecular complexity index is 436. The number of guanidine groups is 1. The van der Waals surface area contributed by atoms with E-state index >= 15 is 0 Å². The van der Waals surface area contributed by atoms with Crippen molar-refractivity contribution in [2.24, 2.45) is 5.73 Å². The predicted octanol–water partition coefficient (Wildman–Crippen LogP) is 1.27. The van der Waals surface area contributed by atoms with Crippen LogP contribution in [0, 0.1) is 8.98 Å². The molecule has 1 amide bonds. The van der Waals surface area contributed by atoms with Gasteiger partial charge in [-0.2, -0.15) is 0 Å². The van der Waals surface area contributed by atoms with E-state index in [9.17, 15) is 9.90 Å². The summed E-state index contributed by atoms with van der Waals surface area (Å²) in [6.07, 6.45) is 0. The quantitative estimate of drug-likeness (QED) is 0.352. The molecular formula is C8H7ClIN3O2. The van der Waals surface area contributed by atoms with E-state index in [0.717, 1.165) is 0 Å². The number of nitrogens with one attached hydrogen (secondary N) is 2.